The monoisotopic (exact) mass is 392 g/mol. The predicted molar refractivity (Wildman–Crippen MR) is 94.2 cm³/mol. The summed E-state index contributed by atoms with van der Waals surface area (Å²) in [5.74, 6) is -0.874. The van der Waals surface area contributed by atoms with Gasteiger partial charge in [-0.05, 0) is 29.3 Å². The summed E-state index contributed by atoms with van der Waals surface area (Å²) in [4.78, 5) is 12.1. The molecule has 0 aromatic heterocycles. The lowest BCUT2D eigenvalue weighted by Gasteiger charge is -2.36. The van der Waals surface area contributed by atoms with Crippen LogP contribution in [0.15, 0.2) is 48.5 Å². The molecule has 8 heteroatoms. The molecular formula is C20H19F3N2O3. The van der Waals surface area contributed by atoms with E-state index in [1.807, 2.05) is 12.1 Å². The van der Waals surface area contributed by atoms with Crippen LogP contribution in [0.3, 0.4) is 0 Å². The van der Waals surface area contributed by atoms with E-state index in [4.69, 9.17) is 9.47 Å². The van der Waals surface area contributed by atoms with Crippen LogP contribution >= 0.6 is 0 Å². The van der Waals surface area contributed by atoms with Crippen LogP contribution in [-0.2, 0) is 15.7 Å². The van der Waals surface area contributed by atoms with Gasteiger partial charge >= 0.3 is 12.1 Å². The first-order chi connectivity index (χ1) is 13.4. The number of hydrogen-bond acceptors (Lipinski definition) is 5. The van der Waals surface area contributed by atoms with Gasteiger partial charge in [0.2, 0.25) is 0 Å². The van der Waals surface area contributed by atoms with Gasteiger partial charge in [0.15, 0.2) is 6.23 Å². The highest BCUT2D eigenvalue weighted by molar-refractivity contribution is 5.72. The van der Waals surface area contributed by atoms with Crippen LogP contribution in [0.5, 0.6) is 5.75 Å². The zero-order valence-electron chi connectivity index (χ0n) is 15.0. The third kappa shape index (κ3) is 3.33. The van der Waals surface area contributed by atoms with Crippen molar-refractivity contribution >= 4 is 5.97 Å². The lowest BCUT2D eigenvalue weighted by molar-refractivity contribution is -0.161. The van der Waals surface area contributed by atoms with E-state index in [2.05, 4.69) is 10.9 Å². The number of esters is 1. The van der Waals surface area contributed by atoms with Crippen molar-refractivity contribution in [2.45, 2.75) is 30.8 Å². The Morgan fingerprint density at radius 2 is 1.79 bits per heavy atom. The van der Waals surface area contributed by atoms with Crippen molar-refractivity contribution in [1.29, 1.82) is 0 Å². The quantitative estimate of drug-likeness (QED) is 0.783. The van der Waals surface area contributed by atoms with Crippen LogP contribution in [0.25, 0.3) is 0 Å². The molecule has 0 saturated carbocycles. The topological polar surface area (TPSA) is 59.6 Å². The van der Waals surface area contributed by atoms with Crippen LogP contribution in [-0.4, -0.2) is 19.3 Å². The van der Waals surface area contributed by atoms with Gasteiger partial charge in [-0.3, -0.25) is 4.79 Å². The second-order valence-electron chi connectivity index (χ2n) is 6.92. The Labute approximate surface area is 159 Å². The maximum absolute atomic E-state index is 13.6. The van der Waals surface area contributed by atoms with Gasteiger partial charge < -0.3 is 9.47 Å². The number of carbonyl (C=O) groups excluding carboxylic acids is 1. The molecule has 4 atom stereocenters. The number of methoxy groups -OCH3 is 1. The number of fused-ring (bicyclic) bond motifs is 1. The molecule has 2 aliphatic heterocycles. The minimum Gasteiger partial charge on any atom is -0.497 e. The van der Waals surface area contributed by atoms with Crippen LogP contribution in [0.2, 0.25) is 0 Å². The molecular weight excluding hydrogens is 373 g/mol. The fourth-order valence-electron chi connectivity index (χ4n) is 4.11. The van der Waals surface area contributed by atoms with Crippen LogP contribution in [0.4, 0.5) is 13.2 Å². The lowest BCUT2D eigenvalue weighted by Crippen LogP contribution is -2.42. The van der Waals surface area contributed by atoms with Gasteiger partial charge in [0, 0.05) is 11.8 Å². The average Bonchev–Trinajstić information content (AvgIpc) is 3.10. The fraction of sp³-hybridized carbons (Fsp3) is 0.350. The van der Waals surface area contributed by atoms with Gasteiger partial charge in [-0.2, -0.15) is 13.2 Å². The Morgan fingerprint density at radius 3 is 2.46 bits per heavy atom. The number of ether oxygens (including phenoxy) is 2. The predicted octanol–water partition coefficient (Wildman–Crippen LogP) is 3.54. The molecule has 148 valence electrons. The van der Waals surface area contributed by atoms with Crippen molar-refractivity contribution in [3.8, 4) is 5.75 Å². The van der Waals surface area contributed by atoms with E-state index in [-0.39, 0.29) is 18.0 Å². The summed E-state index contributed by atoms with van der Waals surface area (Å²) in [5, 5.41) is 0. The van der Waals surface area contributed by atoms with Crippen molar-refractivity contribution in [3.63, 3.8) is 0 Å². The summed E-state index contributed by atoms with van der Waals surface area (Å²) in [7, 11) is 1.56. The molecule has 2 fully saturated rings. The number of hydrogen-bond donors (Lipinski definition) is 2. The molecule has 5 nitrogen and oxygen atoms in total. The fourth-order valence-corrected chi connectivity index (χ4v) is 4.11. The van der Waals surface area contributed by atoms with Crippen molar-refractivity contribution in [2.75, 3.05) is 7.11 Å². The summed E-state index contributed by atoms with van der Waals surface area (Å²) < 4.78 is 51.3. The number of benzene rings is 2. The molecule has 2 aliphatic rings. The molecule has 4 rings (SSSR count). The standard InChI is InChI=1S/C20H19F3N2O3/c1-27-12-8-6-11(7-9-12)18-17-14(10-16(26)28-19(17)25-24-18)13-4-2-3-5-15(13)20(21,22)23/h2-9,14,17-19,24-25H,10H2,1H3. The normalized spacial score (nSPS) is 27.2. The van der Waals surface area contributed by atoms with Crippen LogP contribution in [0.1, 0.15) is 35.1 Å². The third-order valence-electron chi connectivity index (χ3n) is 5.37. The smallest absolute Gasteiger partial charge is 0.416 e. The minimum absolute atomic E-state index is 0.107. The second-order valence-corrected chi connectivity index (χ2v) is 6.92. The summed E-state index contributed by atoms with van der Waals surface area (Å²) in [5.41, 5.74) is 6.27. The first kappa shape index (κ1) is 18.8. The van der Waals surface area contributed by atoms with E-state index in [0.717, 1.165) is 11.6 Å². The number of nitrogens with one attached hydrogen (secondary N) is 2. The Bertz CT molecular complexity index is 870. The Hall–Kier alpha value is -2.58. The highest BCUT2D eigenvalue weighted by atomic mass is 19.4. The highest BCUT2D eigenvalue weighted by Gasteiger charge is 2.50. The highest BCUT2D eigenvalue weighted by Crippen LogP contribution is 2.47. The van der Waals surface area contributed by atoms with Gasteiger partial charge in [0.25, 0.3) is 0 Å². The second kappa shape index (κ2) is 7.10. The Kier molecular flexibility index (Phi) is 4.76. The summed E-state index contributed by atoms with van der Waals surface area (Å²) in [6, 6.07) is 12.4. The van der Waals surface area contributed by atoms with Gasteiger partial charge in [-0.1, -0.05) is 30.3 Å². The molecule has 2 saturated heterocycles. The summed E-state index contributed by atoms with van der Waals surface area (Å²) >= 11 is 0. The van der Waals surface area contributed by atoms with E-state index in [9.17, 15) is 18.0 Å². The third-order valence-corrected chi connectivity index (χ3v) is 5.37. The maximum atomic E-state index is 13.6. The molecule has 4 unspecified atom stereocenters. The molecule has 0 bridgehead atoms. The summed E-state index contributed by atoms with van der Waals surface area (Å²) in [6.45, 7) is 0. The molecule has 2 aromatic carbocycles. The number of halogens is 3. The number of alkyl halides is 3. The molecule has 2 N–H and O–H groups in total. The van der Waals surface area contributed by atoms with E-state index in [1.54, 1.807) is 25.3 Å². The van der Waals surface area contributed by atoms with E-state index in [1.165, 1.54) is 12.1 Å². The molecule has 2 heterocycles. The molecule has 0 aliphatic carbocycles. The zero-order valence-corrected chi connectivity index (χ0v) is 15.0. The first-order valence-corrected chi connectivity index (χ1v) is 8.89. The van der Waals surface area contributed by atoms with Crippen molar-refractivity contribution in [2.24, 2.45) is 5.92 Å². The average molecular weight is 392 g/mol. The molecule has 0 radical (unpaired) electrons. The van der Waals surface area contributed by atoms with Crippen molar-refractivity contribution < 1.29 is 27.4 Å². The van der Waals surface area contributed by atoms with Gasteiger partial charge in [0.05, 0.1) is 25.1 Å². The van der Waals surface area contributed by atoms with Crippen LogP contribution in [0, 0.1) is 5.92 Å². The lowest BCUT2D eigenvalue weighted by atomic mass is 9.74. The first-order valence-electron chi connectivity index (χ1n) is 8.89. The minimum atomic E-state index is -4.50. The van der Waals surface area contributed by atoms with E-state index in [0.29, 0.717) is 5.75 Å². The van der Waals surface area contributed by atoms with Gasteiger partial charge in [-0.15, -0.1) is 0 Å². The molecule has 0 amide bonds. The zero-order chi connectivity index (χ0) is 19.9. The Balaban J connectivity index is 1.75. The molecule has 28 heavy (non-hydrogen) atoms. The molecule has 2 aromatic rings. The number of rotatable bonds is 3. The SMILES string of the molecule is COc1ccc(C2NNC3OC(=O)CC(c4ccccc4C(F)(F)F)C32)cc1. The maximum Gasteiger partial charge on any atom is 0.416 e. The van der Waals surface area contributed by atoms with E-state index >= 15 is 0 Å². The Morgan fingerprint density at radius 1 is 1.07 bits per heavy atom. The number of hydrazine groups is 1. The van der Waals surface area contributed by atoms with Gasteiger partial charge in [0.1, 0.15) is 5.75 Å². The van der Waals surface area contributed by atoms with Crippen LogP contribution < -0.4 is 15.6 Å². The molecule has 0 spiro atoms. The van der Waals surface area contributed by atoms with Gasteiger partial charge in [-0.25, -0.2) is 10.9 Å². The largest absolute Gasteiger partial charge is 0.497 e. The van der Waals surface area contributed by atoms with Crippen molar-refractivity contribution in [3.05, 3.63) is 65.2 Å². The number of carbonyl (C=O) groups is 1. The van der Waals surface area contributed by atoms with Crippen molar-refractivity contribution in [1.82, 2.24) is 10.9 Å². The summed E-state index contributed by atoms with van der Waals surface area (Å²) in [6.07, 6.45) is -5.31. The van der Waals surface area contributed by atoms with E-state index < -0.39 is 35.8 Å².